The van der Waals surface area contributed by atoms with Gasteiger partial charge in [-0.05, 0) is 48.1 Å². The van der Waals surface area contributed by atoms with Crippen LogP contribution >= 0.6 is 0 Å². The number of nitrogens with one attached hydrogen (secondary N) is 1. The molecular formula is C26H35N7. The fourth-order valence-corrected chi connectivity index (χ4v) is 6.11. The first-order valence-electron chi connectivity index (χ1n) is 12.5. The third-order valence-electron chi connectivity index (χ3n) is 7.97. The maximum Gasteiger partial charge on any atom is 0.159 e. The Hall–Kier alpha value is -2.64. The minimum Gasteiger partial charge on any atom is -0.371 e. The van der Waals surface area contributed by atoms with Crippen LogP contribution in [0.2, 0.25) is 0 Å². The highest BCUT2D eigenvalue weighted by Gasteiger charge is 2.28. The van der Waals surface area contributed by atoms with Gasteiger partial charge in [0, 0.05) is 77.3 Å². The van der Waals surface area contributed by atoms with Crippen molar-refractivity contribution in [3.05, 3.63) is 47.8 Å². The van der Waals surface area contributed by atoms with Gasteiger partial charge in [0.25, 0.3) is 0 Å². The molecule has 6 rings (SSSR count). The first-order chi connectivity index (χ1) is 16.2. The zero-order valence-corrected chi connectivity index (χ0v) is 19.9. The van der Waals surface area contributed by atoms with Crippen molar-refractivity contribution in [2.24, 2.45) is 7.05 Å². The summed E-state index contributed by atoms with van der Waals surface area (Å²) in [6.45, 7) is 11.4. The van der Waals surface area contributed by atoms with Gasteiger partial charge >= 0.3 is 0 Å². The smallest absolute Gasteiger partial charge is 0.159 e. The van der Waals surface area contributed by atoms with Gasteiger partial charge in [0.05, 0.1) is 17.3 Å². The number of pyridine rings is 1. The molecule has 2 saturated heterocycles. The highest BCUT2D eigenvalue weighted by molar-refractivity contribution is 5.89. The molecule has 0 bridgehead atoms. The van der Waals surface area contributed by atoms with E-state index >= 15 is 0 Å². The zero-order chi connectivity index (χ0) is 22.4. The molecule has 0 aliphatic carbocycles. The monoisotopic (exact) mass is 445 g/mol. The molecule has 174 valence electrons. The number of piperazine rings is 1. The topological polar surface area (TPSA) is 52.5 Å². The number of piperidine rings is 1. The predicted octanol–water partition coefficient (Wildman–Crippen LogP) is 2.97. The summed E-state index contributed by atoms with van der Waals surface area (Å²) in [6.07, 6.45) is 6.42. The van der Waals surface area contributed by atoms with Crippen LogP contribution in [0.1, 0.15) is 36.8 Å². The highest BCUT2D eigenvalue weighted by Crippen LogP contribution is 2.36. The second-order valence-corrected chi connectivity index (χ2v) is 10.0. The number of aryl methyl sites for hydroxylation is 1. The second-order valence-electron chi connectivity index (χ2n) is 10.0. The van der Waals surface area contributed by atoms with Crippen molar-refractivity contribution in [1.82, 2.24) is 25.0 Å². The van der Waals surface area contributed by atoms with E-state index in [1.165, 1.54) is 61.5 Å². The molecule has 0 saturated carbocycles. The molecule has 1 atom stereocenters. The van der Waals surface area contributed by atoms with Crippen LogP contribution in [0.15, 0.2) is 36.7 Å². The van der Waals surface area contributed by atoms with E-state index in [1.807, 2.05) is 24.1 Å². The van der Waals surface area contributed by atoms with Crippen LogP contribution in [-0.2, 0) is 13.6 Å². The van der Waals surface area contributed by atoms with Gasteiger partial charge in [-0.1, -0.05) is 13.0 Å². The third kappa shape index (κ3) is 3.87. The van der Waals surface area contributed by atoms with Crippen LogP contribution in [0.25, 0.3) is 11.0 Å². The molecule has 7 heteroatoms. The lowest BCUT2D eigenvalue weighted by molar-refractivity contribution is 0.150. The largest absolute Gasteiger partial charge is 0.371 e. The van der Waals surface area contributed by atoms with Crippen molar-refractivity contribution in [1.29, 1.82) is 0 Å². The summed E-state index contributed by atoms with van der Waals surface area (Å²) in [7, 11) is 1.96. The van der Waals surface area contributed by atoms with Crippen molar-refractivity contribution < 1.29 is 0 Å². The lowest BCUT2D eigenvalue weighted by Crippen LogP contribution is -2.52. The number of rotatable bonds is 3. The molecule has 1 N–H and O–H groups in total. The summed E-state index contributed by atoms with van der Waals surface area (Å²) in [4.78, 5) is 12.3. The van der Waals surface area contributed by atoms with Crippen molar-refractivity contribution in [2.45, 2.75) is 38.3 Å². The van der Waals surface area contributed by atoms with Gasteiger partial charge in [-0.3, -0.25) is 9.58 Å². The standard InChI is InChI=1S/C26H35N7/c1-19-17-33(25-5-8-28-26-24(25)16-29-30(26)2)18-20-3-4-22(15-23(19)20)31-11-6-21(7-12-31)32-13-9-27-10-14-32/h3-5,8,15-16,19,21,27H,6-7,9-14,17-18H2,1-2H3/t19-/m0/s1. The van der Waals surface area contributed by atoms with E-state index in [2.05, 4.69) is 61.3 Å². The van der Waals surface area contributed by atoms with Gasteiger partial charge in [0.1, 0.15) is 0 Å². The maximum absolute atomic E-state index is 4.52. The number of hydrogen-bond donors (Lipinski definition) is 1. The molecule has 33 heavy (non-hydrogen) atoms. The maximum atomic E-state index is 4.52. The van der Waals surface area contributed by atoms with Crippen LogP contribution in [0.3, 0.4) is 0 Å². The van der Waals surface area contributed by atoms with Crippen LogP contribution in [-0.4, -0.2) is 71.5 Å². The predicted molar refractivity (Wildman–Crippen MR) is 134 cm³/mol. The van der Waals surface area contributed by atoms with E-state index in [1.54, 1.807) is 0 Å². The number of nitrogens with zero attached hydrogens (tertiary/aromatic N) is 6. The molecule has 5 heterocycles. The molecule has 0 radical (unpaired) electrons. The molecule has 0 unspecified atom stereocenters. The number of fused-ring (bicyclic) bond motifs is 2. The average molecular weight is 446 g/mol. The Morgan fingerprint density at radius 3 is 2.64 bits per heavy atom. The minimum atomic E-state index is 0.493. The van der Waals surface area contributed by atoms with Gasteiger partial charge in [-0.25, -0.2) is 4.98 Å². The molecule has 3 aliphatic rings. The van der Waals surface area contributed by atoms with Crippen LogP contribution in [0.4, 0.5) is 11.4 Å². The molecule has 1 aromatic carbocycles. The minimum absolute atomic E-state index is 0.493. The Morgan fingerprint density at radius 1 is 1.00 bits per heavy atom. The molecule has 7 nitrogen and oxygen atoms in total. The molecule has 0 spiro atoms. The summed E-state index contributed by atoms with van der Waals surface area (Å²) in [5.41, 5.74) is 6.56. The van der Waals surface area contributed by atoms with Crippen LogP contribution in [0.5, 0.6) is 0 Å². The quantitative estimate of drug-likeness (QED) is 0.669. The van der Waals surface area contributed by atoms with Gasteiger partial charge in [0.2, 0.25) is 0 Å². The Kier molecular flexibility index (Phi) is 5.46. The van der Waals surface area contributed by atoms with Gasteiger partial charge in [-0.15, -0.1) is 0 Å². The SMILES string of the molecule is C[C@H]1CN(c2ccnc3c2cnn3C)Cc2ccc(N3CCC(N4CCNCC4)CC3)cc21. The Labute approximate surface area is 196 Å². The van der Waals surface area contributed by atoms with Gasteiger partial charge in [0.15, 0.2) is 5.65 Å². The normalized spacial score (nSPS) is 22.7. The van der Waals surface area contributed by atoms with Gasteiger partial charge < -0.3 is 15.1 Å². The summed E-state index contributed by atoms with van der Waals surface area (Å²) >= 11 is 0. The van der Waals surface area contributed by atoms with E-state index in [4.69, 9.17) is 0 Å². The lowest BCUT2D eigenvalue weighted by atomic mass is 9.89. The average Bonchev–Trinajstić information content (AvgIpc) is 3.25. The lowest BCUT2D eigenvalue weighted by Gasteiger charge is -2.41. The Morgan fingerprint density at radius 2 is 1.82 bits per heavy atom. The molecule has 2 fully saturated rings. The highest BCUT2D eigenvalue weighted by atomic mass is 15.3. The fourth-order valence-electron chi connectivity index (χ4n) is 6.11. The number of aromatic nitrogens is 3. The zero-order valence-electron chi connectivity index (χ0n) is 19.9. The first-order valence-corrected chi connectivity index (χ1v) is 12.5. The number of hydrogen-bond acceptors (Lipinski definition) is 6. The van der Waals surface area contributed by atoms with E-state index in [9.17, 15) is 0 Å². The van der Waals surface area contributed by atoms with Crippen molar-refractivity contribution in [3.63, 3.8) is 0 Å². The Balaban J connectivity index is 1.18. The van der Waals surface area contributed by atoms with Crippen LogP contribution in [0, 0.1) is 0 Å². The summed E-state index contributed by atoms with van der Waals surface area (Å²) in [6, 6.07) is 10.1. The molecule has 3 aromatic rings. The van der Waals surface area contributed by atoms with Crippen molar-refractivity contribution in [2.75, 3.05) is 55.6 Å². The number of anilines is 2. The van der Waals surface area contributed by atoms with E-state index < -0.39 is 0 Å². The summed E-state index contributed by atoms with van der Waals surface area (Å²) in [5, 5.41) is 9.05. The first kappa shape index (κ1) is 20.9. The Bertz CT molecular complexity index is 1120. The number of benzene rings is 1. The molecular weight excluding hydrogens is 410 g/mol. The summed E-state index contributed by atoms with van der Waals surface area (Å²) < 4.78 is 1.86. The van der Waals surface area contributed by atoms with Crippen LogP contribution < -0.4 is 15.1 Å². The van der Waals surface area contributed by atoms with E-state index in [0.29, 0.717) is 5.92 Å². The fraction of sp³-hybridized carbons (Fsp3) is 0.538. The second kappa shape index (κ2) is 8.61. The molecule has 0 amide bonds. The van der Waals surface area contributed by atoms with Crippen molar-refractivity contribution >= 4 is 22.4 Å². The summed E-state index contributed by atoms with van der Waals surface area (Å²) in [5.74, 6) is 0.493. The molecule has 3 aliphatic heterocycles. The third-order valence-corrected chi connectivity index (χ3v) is 7.97. The van der Waals surface area contributed by atoms with Gasteiger partial charge in [-0.2, -0.15) is 5.10 Å². The molecule has 2 aromatic heterocycles. The van der Waals surface area contributed by atoms with E-state index in [-0.39, 0.29) is 0 Å². The van der Waals surface area contributed by atoms with E-state index in [0.717, 1.165) is 43.3 Å². The van der Waals surface area contributed by atoms with Crippen molar-refractivity contribution in [3.8, 4) is 0 Å².